The Morgan fingerprint density at radius 3 is 1.54 bits per heavy atom. The third kappa shape index (κ3) is 4.14. The van der Waals surface area contributed by atoms with Crippen LogP contribution in [-0.4, -0.2) is 14.9 Å². The summed E-state index contributed by atoms with van der Waals surface area (Å²) in [5.74, 6) is 0.299. The summed E-state index contributed by atoms with van der Waals surface area (Å²) in [6, 6.07) is 4.85. The van der Waals surface area contributed by atoms with Crippen LogP contribution in [0.4, 0.5) is 0 Å². The lowest BCUT2D eigenvalue weighted by molar-refractivity contribution is 0.461. The summed E-state index contributed by atoms with van der Waals surface area (Å²) >= 11 is 0. The molecule has 0 radical (unpaired) electrons. The molecule has 2 aromatic rings. The van der Waals surface area contributed by atoms with E-state index < -0.39 is 0 Å². The maximum Gasteiger partial charge on any atom is 0.164 e. The fourth-order valence-corrected chi connectivity index (χ4v) is 3.69. The lowest BCUT2D eigenvalue weighted by Gasteiger charge is -2.33. The molecular formula is C25H40N2O. The van der Waals surface area contributed by atoms with Gasteiger partial charge in [-0.2, -0.15) is 5.10 Å². The molecule has 0 saturated heterocycles. The fourth-order valence-electron chi connectivity index (χ4n) is 3.69. The summed E-state index contributed by atoms with van der Waals surface area (Å²) in [6.07, 6.45) is 0. The Morgan fingerprint density at radius 1 is 0.821 bits per heavy atom. The van der Waals surface area contributed by atoms with Crippen molar-refractivity contribution in [3.8, 4) is 17.0 Å². The molecule has 28 heavy (non-hydrogen) atoms. The quantitative estimate of drug-likeness (QED) is 0.603. The number of aromatic nitrogens is 2. The number of rotatable bonds is 2. The second-order valence-electron chi connectivity index (χ2n) is 11.5. The highest BCUT2D eigenvalue weighted by Gasteiger charge is 2.32. The third-order valence-electron chi connectivity index (χ3n) is 5.46. The van der Waals surface area contributed by atoms with E-state index in [2.05, 4.69) is 88.3 Å². The smallest absolute Gasteiger partial charge is 0.164 e. The van der Waals surface area contributed by atoms with Crippen LogP contribution >= 0.6 is 0 Å². The van der Waals surface area contributed by atoms with Gasteiger partial charge in [0.15, 0.2) is 5.75 Å². The van der Waals surface area contributed by atoms with E-state index in [1.54, 1.807) is 0 Å². The Hall–Kier alpha value is -1.77. The number of benzene rings is 1. The molecule has 1 heterocycles. The highest BCUT2D eigenvalue weighted by atomic mass is 16.3. The molecular weight excluding hydrogens is 344 g/mol. The molecule has 0 aliphatic heterocycles. The van der Waals surface area contributed by atoms with Crippen molar-refractivity contribution in [2.75, 3.05) is 0 Å². The minimum atomic E-state index is -0.0709. The minimum Gasteiger partial charge on any atom is -0.504 e. The van der Waals surface area contributed by atoms with E-state index in [1.165, 1.54) is 16.7 Å². The zero-order valence-electron chi connectivity index (χ0n) is 20.1. The summed E-state index contributed by atoms with van der Waals surface area (Å²) in [5, 5.41) is 15.9. The first kappa shape index (κ1) is 22.5. The number of aromatic hydroxyl groups is 1. The third-order valence-corrected chi connectivity index (χ3v) is 5.46. The molecule has 0 spiro atoms. The molecule has 1 aromatic heterocycles. The first-order chi connectivity index (χ1) is 12.5. The molecule has 2 rings (SSSR count). The molecule has 1 N–H and O–H groups in total. The van der Waals surface area contributed by atoms with Gasteiger partial charge in [-0.25, -0.2) is 0 Å². The van der Waals surface area contributed by atoms with Crippen molar-refractivity contribution in [3.05, 3.63) is 34.5 Å². The Kier molecular flexibility index (Phi) is 5.57. The summed E-state index contributed by atoms with van der Waals surface area (Å²) in [4.78, 5) is 0. The first-order valence-electron chi connectivity index (χ1n) is 10.4. The molecule has 0 fully saturated rings. The van der Waals surface area contributed by atoms with Crippen LogP contribution in [0.1, 0.15) is 105 Å². The Bertz CT molecular complexity index is 831. The predicted molar refractivity (Wildman–Crippen MR) is 121 cm³/mol. The zero-order valence-corrected chi connectivity index (χ0v) is 20.1. The molecule has 156 valence electrons. The van der Waals surface area contributed by atoms with E-state index in [4.69, 9.17) is 5.10 Å². The highest BCUT2D eigenvalue weighted by molar-refractivity contribution is 5.76. The Labute approximate surface area is 172 Å². The Balaban J connectivity index is 3.04. The zero-order chi connectivity index (χ0) is 21.8. The van der Waals surface area contributed by atoms with Crippen molar-refractivity contribution < 1.29 is 5.11 Å². The van der Waals surface area contributed by atoms with Crippen LogP contribution in [0.5, 0.6) is 5.75 Å². The monoisotopic (exact) mass is 384 g/mol. The van der Waals surface area contributed by atoms with Gasteiger partial charge in [0.05, 0.1) is 5.69 Å². The van der Waals surface area contributed by atoms with Gasteiger partial charge in [-0.05, 0) is 53.7 Å². The van der Waals surface area contributed by atoms with Crippen LogP contribution in [0.15, 0.2) is 12.1 Å². The predicted octanol–water partition coefficient (Wildman–Crippen LogP) is 7.04. The molecule has 0 aliphatic rings. The van der Waals surface area contributed by atoms with Crippen LogP contribution in [0.2, 0.25) is 0 Å². The number of hydrogen-bond donors (Lipinski definition) is 1. The normalized spacial score (nSPS) is 13.5. The average molecular weight is 385 g/mol. The van der Waals surface area contributed by atoms with Gasteiger partial charge in [-0.15, -0.1) is 0 Å². The van der Waals surface area contributed by atoms with Gasteiger partial charge in [0.1, 0.15) is 5.69 Å². The molecule has 0 saturated carbocycles. The largest absolute Gasteiger partial charge is 0.504 e. The lowest BCUT2D eigenvalue weighted by Crippen LogP contribution is -2.23. The van der Waals surface area contributed by atoms with Crippen molar-refractivity contribution in [2.24, 2.45) is 0 Å². The van der Waals surface area contributed by atoms with Crippen molar-refractivity contribution >= 4 is 0 Å². The first-order valence-corrected chi connectivity index (χ1v) is 10.4. The number of hydrogen-bond acceptors (Lipinski definition) is 2. The van der Waals surface area contributed by atoms with E-state index in [1.807, 2.05) is 11.6 Å². The van der Waals surface area contributed by atoms with E-state index in [-0.39, 0.29) is 22.3 Å². The Morgan fingerprint density at radius 2 is 1.25 bits per heavy atom. The molecule has 3 nitrogen and oxygen atoms in total. The maximum atomic E-state index is 11.0. The van der Waals surface area contributed by atoms with Crippen LogP contribution in [-0.2, 0) is 16.2 Å². The topological polar surface area (TPSA) is 38.1 Å². The minimum absolute atomic E-state index is 0.0494. The van der Waals surface area contributed by atoms with Gasteiger partial charge in [-0.3, -0.25) is 4.68 Å². The average Bonchev–Trinajstić information content (AvgIpc) is 2.79. The molecule has 1 aromatic carbocycles. The maximum absolute atomic E-state index is 11.0. The van der Waals surface area contributed by atoms with Gasteiger partial charge >= 0.3 is 0 Å². The van der Waals surface area contributed by atoms with Crippen LogP contribution in [0.3, 0.4) is 0 Å². The SMILES string of the molecule is Cc1c(O)c(-c2c(C(C)(C)C)cc(C(C)(C)C)cc2C(C)(C)C)nn1C(C)C. The van der Waals surface area contributed by atoms with E-state index >= 15 is 0 Å². The van der Waals surface area contributed by atoms with E-state index in [0.29, 0.717) is 11.4 Å². The fraction of sp³-hybridized carbons (Fsp3) is 0.640. The van der Waals surface area contributed by atoms with Crippen LogP contribution < -0.4 is 0 Å². The van der Waals surface area contributed by atoms with Gasteiger partial charge < -0.3 is 5.11 Å². The number of nitrogens with zero attached hydrogens (tertiary/aromatic N) is 2. The van der Waals surface area contributed by atoms with Gasteiger partial charge in [0, 0.05) is 11.6 Å². The van der Waals surface area contributed by atoms with Gasteiger partial charge in [-0.1, -0.05) is 74.4 Å². The second-order valence-corrected chi connectivity index (χ2v) is 11.5. The van der Waals surface area contributed by atoms with E-state index in [9.17, 15) is 5.11 Å². The summed E-state index contributed by atoms with van der Waals surface area (Å²) < 4.78 is 1.93. The molecule has 0 unspecified atom stereocenters. The van der Waals surface area contributed by atoms with Crippen molar-refractivity contribution in [1.29, 1.82) is 0 Å². The summed E-state index contributed by atoms with van der Waals surface area (Å²) in [7, 11) is 0. The lowest BCUT2D eigenvalue weighted by atomic mass is 9.71. The molecule has 0 atom stereocenters. The van der Waals surface area contributed by atoms with Gasteiger partial charge in [0.25, 0.3) is 0 Å². The molecule has 0 aliphatic carbocycles. The van der Waals surface area contributed by atoms with Crippen LogP contribution in [0, 0.1) is 6.92 Å². The molecule has 0 bridgehead atoms. The molecule has 3 heteroatoms. The summed E-state index contributed by atoms with van der Waals surface area (Å²) in [6.45, 7) is 26.4. The van der Waals surface area contributed by atoms with E-state index in [0.717, 1.165) is 11.3 Å². The summed E-state index contributed by atoms with van der Waals surface area (Å²) in [5.41, 5.74) is 6.34. The van der Waals surface area contributed by atoms with Crippen molar-refractivity contribution in [2.45, 2.75) is 105 Å². The molecule has 0 amide bonds. The standard InChI is InChI=1S/C25H40N2O/c1-15(2)27-16(3)22(28)21(26-27)20-18(24(7,8)9)13-17(23(4,5)6)14-19(20)25(10,11)12/h13-15,28H,1-12H3. The second kappa shape index (κ2) is 6.93. The highest BCUT2D eigenvalue weighted by Crippen LogP contribution is 2.46. The van der Waals surface area contributed by atoms with Crippen molar-refractivity contribution in [3.63, 3.8) is 0 Å². The van der Waals surface area contributed by atoms with Crippen LogP contribution in [0.25, 0.3) is 11.3 Å². The van der Waals surface area contributed by atoms with Crippen molar-refractivity contribution in [1.82, 2.24) is 9.78 Å². The van der Waals surface area contributed by atoms with Gasteiger partial charge in [0.2, 0.25) is 0 Å².